The summed E-state index contributed by atoms with van der Waals surface area (Å²) in [5.41, 5.74) is 1.55. The zero-order chi connectivity index (χ0) is 12.1. The van der Waals surface area contributed by atoms with Crippen LogP contribution in [0.2, 0.25) is 0 Å². The average Bonchev–Trinajstić information content (AvgIpc) is 2.39. The summed E-state index contributed by atoms with van der Waals surface area (Å²) in [6, 6.07) is 15.8. The van der Waals surface area contributed by atoms with Crippen molar-refractivity contribution in [3.8, 4) is 5.75 Å². The summed E-state index contributed by atoms with van der Waals surface area (Å²) in [6.45, 7) is 0. The molecule has 0 aliphatic rings. The van der Waals surface area contributed by atoms with Crippen LogP contribution in [0.5, 0.6) is 5.75 Å². The smallest absolute Gasteiger partial charge is 0.185 e. The summed E-state index contributed by atoms with van der Waals surface area (Å²) in [6.07, 6.45) is 3.26. The van der Waals surface area contributed by atoms with E-state index in [4.69, 9.17) is 5.11 Å². The molecular formula is C15H15NO2. The quantitative estimate of drug-likeness (QED) is 0.638. The molecule has 0 bridgehead atoms. The van der Waals surface area contributed by atoms with E-state index in [1.807, 2.05) is 18.2 Å². The molecule has 2 aromatic rings. The van der Waals surface area contributed by atoms with E-state index in [1.54, 1.807) is 42.5 Å². The first-order valence-electron chi connectivity index (χ1n) is 5.32. The van der Waals surface area contributed by atoms with Crippen molar-refractivity contribution >= 4 is 11.9 Å². The Morgan fingerprint density at radius 3 is 2.17 bits per heavy atom. The molecule has 2 aromatic carbocycles. The minimum absolute atomic E-state index is 0. The fourth-order valence-corrected chi connectivity index (χ4v) is 1.46. The standard InChI is InChI=1S/C15H12O2.H3N/c16-14-9-6-12(7-10-14)8-11-15(17)13-4-2-1-3-5-13;/h1-11,16H;1H3. The Morgan fingerprint density at radius 1 is 0.944 bits per heavy atom. The highest BCUT2D eigenvalue weighted by Gasteiger charge is 1.99. The third kappa shape index (κ3) is 3.57. The molecule has 4 N–H and O–H groups in total. The van der Waals surface area contributed by atoms with Crippen LogP contribution in [-0.4, -0.2) is 10.9 Å². The van der Waals surface area contributed by atoms with Crippen LogP contribution in [0.3, 0.4) is 0 Å². The van der Waals surface area contributed by atoms with Gasteiger partial charge in [0.25, 0.3) is 0 Å². The summed E-state index contributed by atoms with van der Waals surface area (Å²) in [4.78, 5) is 11.7. The second-order valence-electron chi connectivity index (χ2n) is 3.66. The molecule has 0 spiro atoms. The number of allylic oxidation sites excluding steroid dienone is 1. The molecule has 3 heteroatoms. The highest BCUT2D eigenvalue weighted by atomic mass is 16.3. The second-order valence-corrected chi connectivity index (χ2v) is 3.66. The van der Waals surface area contributed by atoms with Gasteiger partial charge in [-0.2, -0.15) is 0 Å². The van der Waals surface area contributed by atoms with Gasteiger partial charge in [0.2, 0.25) is 0 Å². The van der Waals surface area contributed by atoms with Crippen molar-refractivity contribution in [2.45, 2.75) is 0 Å². The van der Waals surface area contributed by atoms with Gasteiger partial charge in [0, 0.05) is 5.56 Å². The van der Waals surface area contributed by atoms with Crippen LogP contribution in [0.1, 0.15) is 15.9 Å². The maximum absolute atomic E-state index is 11.7. The Kier molecular flexibility index (Phi) is 4.84. The van der Waals surface area contributed by atoms with Gasteiger partial charge in [-0.05, 0) is 23.8 Å². The van der Waals surface area contributed by atoms with E-state index in [2.05, 4.69) is 0 Å². The van der Waals surface area contributed by atoms with Crippen LogP contribution in [0.4, 0.5) is 0 Å². The highest BCUT2D eigenvalue weighted by Crippen LogP contribution is 2.11. The van der Waals surface area contributed by atoms with Gasteiger partial charge in [-0.3, -0.25) is 4.79 Å². The van der Waals surface area contributed by atoms with Crippen LogP contribution in [0.15, 0.2) is 60.7 Å². The third-order valence-electron chi connectivity index (χ3n) is 2.38. The lowest BCUT2D eigenvalue weighted by Gasteiger charge is -1.95. The van der Waals surface area contributed by atoms with Crippen LogP contribution < -0.4 is 6.15 Å². The number of phenols is 1. The normalized spacial score (nSPS) is 10.0. The SMILES string of the molecule is N.O=C(C=Cc1ccc(O)cc1)c1ccccc1. The maximum atomic E-state index is 11.7. The summed E-state index contributed by atoms with van der Waals surface area (Å²) < 4.78 is 0. The predicted octanol–water partition coefficient (Wildman–Crippen LogP) is 3.45. The van der Waals surface area contributed by atoms with Crippen molar-refractivity contribution in [3.05, 3.63) is 71.8 Å². The molecule has 0 saturated heterocycles. The average molecular weight is 241 g/mol. The lowest BCUT2D eigenvalue weighted by molar-refractivity contribution is 0.104. The van der Waals surface area contributed by atoms with Gasteiger partial charge in [-0.15, -0.1) is 0 Å². The minimum atomic E-state index is -0.0290. The zero-order valence-electron chi connectivity index (χ0n) is 9.91. The Morgan fingerprint density at radius 2 is 1.56 bits per heavy atom. The van der Waals surface area contributed by atoms with Gasteiger partial charge in [-0.25, -0.2) is 0 Å². The van der Waals surface area contributed by atoms with Crippen molar-refractivity contribution in [1.82, 2.24) is 6.15 Å². The van der Waals surface area contributed by atoms with E-state index in [1.165, 1.54) is 6.08 Å². The number of phenolic OH excluding ortho intramolecular Hbond substituents is 1. The lowest BCUT2D eigenvalue weighted by atomic mass is 10.1. The molecule has 92 valence electrons. The molecule has 0 heterocycles. The van der Waals surface area contributed by atoms with E-state index in [0.717, 1.165) is 5.56 Å². The van der Waals surface area contributed by atoms with Crippen LogP contribution in [0, 0.1) is 0 Å². The first-order chi connectivity index (χ1) is 8.25. The Labute approximate surface area is 106 Å². The van der Waals surface area contributed by atoms with Crippen molar-refractivity contribution in [2.75, 3.05) is 0 Å². The molecule has 0 aromatic heterocycles. The fraction of sp³-hybridized carbons (Fsp3) is 0. The largest absolute Gasteiger partial charge is 0.508 e. The van der Waals surface area contributed by atoms with Crippen molar-refractivity contribution in [2.24, 2.45) is 0 Å². The predicted molar refractivity (Wildman–Crippen MR) is 72.9 cm³/mol. The van der Waals surface area contributed by atoms with Crippen LogP contribution >= 0.6 is 0 Å². The van der Waals surface area contributed by atoms with Gasteiger partial charge in [-0.1, -0.05) is 48.5 Å². The van der Waals surface area contributed by atoms with Gasteiger partial charge >= 0.3 is 0 Å². The molecule has 0 saturated carbocycles. The molecule has 0 aliphatic heterocycles. The summed E-state index contributed by atoms with van der Waals surface area (Å²) in [5, 5.41) is 9.12. The lowest BCUT2D eigenvalue weighted by Crippen LogP contribution is -1.92. The second kappa shape index (κ2) is 6.37. The van der Waals surface area contributed by atoms with E-state index in [-0.39, 0.29) is 17.7 Å². The van der Waals surface area contributed by atoms with Gasteiger partial charge in [0.1, 0.15) is 5.75 Å². The molecule has 0 fully saturated rings. The zero-order valence-corrected chi connectivity index (χ0v) is 9.91. The number of ketones is 1. The Balaban J connectivity index is 0.00000162. The van der Waals surface area contributed by atoms with Gasteiger partial charge < -0.3 is 11.3 Å². The third-order valence-corrected chi connectivity index (χ3v) is 2.38. The fourth-order valence-electron chi connectivity index (χ4n) is 1.46. The number of carbonyl (C=O) groups is 1. The molecule has 0 atom stereocenters. The number of hydrogen-bond acceptors (Lipinski definition) is 3. The molecule has 18 heavy (non-hydrogen) atoms. The van der Waals surface area contributed by atoms with E-state index < -0.39 is 0 Å². The number of benzene rings is 2. The van der Waals surface area contributed by atoms with E-state index in [0.29, 0.717) is 5.56 Å². The van der Waals surface area contributed by atoms with Crippen molar-refractivity contribution in [3.63, 3.8) is 0 Å². The van der Waals surface area contributed by atoms with Crippen LogP contribution in [0.25, 0.3) is 6.08 Å². The van der Waals surface area contributed by atoms with Crippen molar-refractivity contribution in [1.29, 1.82) is 0 Å². The summed E-state index contributed by atoms with van der Waals surface area (Å²) in [5.74, 6) is 0.190. The van der Waals surface area contributed by atoms with Crippen LogP contribution in [-0.2, 0) is 0 Å². The Hall–Kier alpha value is -2.39. The number of rotatable bonds is 3. The molecule has 0 unspecified atom stereocenters. The first-order valence-corrected chi connectivity index (χ1v) is 5.32. The van der Waals surface area contributed by atoms with Crippen molar-refractivity contribution < 1.29 is 9.90 Å². The molecule has 0 aliphatic carbocycles. The maximum Gasteiger partial charge on any atom is 0.185 e. The Bertz CT molecular complexity index is 530. The number of aromatic hydroxyl groups is 1. The van der Waals surface area contributed by atoms with Gasteiger partial charge in [0.05, 0.1) is 0 Å². The van der Waals surface area contributed by atoms with Gasteiger partial charge in [0.15, 0.2) is 5.78 Å². The first kappa shape index (κ1) is 13.7. The number of hydrogen-bond donors (Lipinski definition) is 2. The molecule has 0 amide bonds. The minimum Gasteiger partial charge on any atom is -0.508 e. The topological polar surface area (TPSA) is 72.3 Å². The highest BCUT2D eigenvalue weighted by molar-refractivity contribution is 6.06. The number of carbonyl (C=O) groups excluding carboxylic acids is 1. The molecule has 3 nitrogen and oxygen atoms in total. The molecular weight excluding hydrogens is 226 g/mol. The summed E-state index contributed by atoms with van der Waals surface area (Å²) in [7, 11) is 0. The monoisotopic (exact) mass is 241 g/mol. The molecule has 0 radical (unpaired) electrons. The molecule has 2 rings (SSSR count). The van der Waals surface area contributed by atoms with E-state index in [9.17, 15) is 4.79 Å². The summed E-state index contributed by atoms with van der Waals surface area (Å²) >= 11 is 0. The van der Waals surface area contributed by atoms with E-state index >= 15 is 0 Å².